The summed E-state index contributed by atoms with van der Waals surface area (Å²) in [5.41, 5.74) is 0.714. The largest absolute Gasteiger partial charge is 0.353 e. The number of hydrogen-bond acceptors (Lipinski definition) is 4. The second-order valence-corrected chi connectivity index (χ2v) is 6.41. The highest BCUT2D eigenvalue weighted by Gasteiger charge is 2.18. The number of carbonyl (C=O) groups excluding carboxylic acids is 2. The van der Waals surface area contributed by atoms with E-state index in [1.54, 1.807) is 6.20 Å². The van der Waals surface area contributed by atoms with Gasteiger partial charge in [-0.3, -0.25) is 9.59 Å². The molecule has 0 atom stereocenters. The molecule has 3 rings (SSSR count). The average molecular weight is 316 g/mol. The van der Waals surface area contributed by atoms with E-state index in [4.69, 9.17) is 0 Å². The maximum Gasteiger partial charge on any atom is 0.239 e. The molecule has 1 aliphatic carbocycles. The number of hydrogen-bond donors (Lipinski definition) is 2. The molecule has 0 aromatic carbocycles. The van der Waals surface area contributed by atoms with E-state index in [9.17, 15) is 9.59 Å². The summed E-state index contributed by atoms with van der Waals surface area (Å²) in [7, 11) is 0. The van der Waals surface area contributed by atoms with Crippen LogP contribution in [0.2, 0.25) is 0 Å². The minimum Gasteiger partial charge on any atom is -0.353 e. The molecule has 2 N–H and O–H groups in total. The first-order chi connectivity index (χ1) is 11.2. The molecule has 23 heavy (non-hydrogen) atoms. The van der Waals surface area contributed by atoms with E-state index in [2.05, 4.69) is 15.6 Å². The lowest BCUT2D eigenvalue weighted by molar-refractivity contribution is -0.120. The van der Waals surface area contributed by atoms with Gasteiger partial charge in [0.05, 0.1) is 18.4 Å². The van der Waals surface area contributed by atoms with Crippen molar-refractivity contribution in [3.05, 3.63) is 18.3 Å². The van der Waals surface area contributed by atoms with Gasteiger partial charge in [-0.1, -0.05) is 25.7 Å². The minimum absolute atomic E-state index is 0.0161. The first-order valence-corrected chi connectivity index (χ1v) is 8.48. The Morgan fingerprint density at radius 2 is 2.17 bits per heavy atom. The lowest BCUT2D eigenvalue weighted by Crippen LogP contribution is -2.48. The number of nitrogens with one attached hydrogen (secondary N) is 2. The molecule has 124 valence electrons. The van der Waals surface area contributed by atoms with E-state index in [0.717, 1.165) is 24.7 Å². The second-order valence-electron chi connectivity index (χ2n) is 6.41. The van der Waals surface area contributed by atoms with Crippen LogP contribution in [0.4, 0.5) is 11.5 Å². The maximum atomic E-state index is 12.0. The number of anilines is 2. The molecule has 2 aliphatic rings. The van der Waals surface area contributed by atoms with Gasteiger partial charge < -0.3 is 15.5 Å². The van der Waals surface area contributed by atoms with Gasteiger partial charge in [0, 0.05) is 19.5 Å². The van der Waals surface area contributed by atoms with Crippen LogP contribution < -0.4 is 15.5 Å². The third kappa shape index (κ3) is 4.43. The number of nitrogens with zero attached hydrogens (tertiary/aromatic N) is 2. The van der Waals surface area contributed by atoms with Crippen molar-refractivity contribution in [2.45, 2.75) is 38.5 Å². The lowest BCUT2D eigenvalue weighted by atomic mass is 10.0. The Kier molecular flexibility index (Phi) is 5.10. The molecule has 2 heterocycles. The van der Waals surface area contributed by atoms with E-state index in [-0.39, 0.29) is 11.8 Å². The molecule has 6 nitrogen and oxygen atoms in total. The SMILES string of the molecule is O=C1CN(c2ccc(NC(=O)CCC3CCCC3)cn2)CCN1. The third-order valence-corrected chi connectivity index (χ3v) is 4.65. The normalized spacial score (nSPS) is 18.8. The number of piperazine rings is 1. The number of aromatic nitrogens is 1. The minimum atomic E-state index is 0.0161. The van der Waals surface area contributed by atoms with Crippen LogP contribution in [-0.4, -0.2) is 36.4 Å². The molecule has 0 radical (unpaired) electrons. The Balaban J connectivity index is 1.48. The number of rotatable bonds is 5. The molecular weight excluding hydrogens is 292 g/mol. The molecular formula is C17H24N4O2. The van der Waals surface area contributed by atoms with Gasteiger partial charge in [0.15, 0.2) is 0 Å². The first-order valence-electron chi connectivity index (χ1n) is 8.48. The lowest BCUT2D eigenvalue weighted by Gasteiger charge is -2.27. The molecule has 1 saturated heterocycles. The van der Waals surface area contributed by atoms with Crippen LogP contribution >= 0.6 is 0 Å². The van der Waals surface area contributed by atoms with Crippen LogP contribution in [-0.2, 0) is 9.59 Å². The summed E-state index contributed by atoms with van der Waals surface area (Å²) in [6.45, 7) is 1.73. The zero-order valence-corrected chi connectivity index (χ0v) is 13.4. The smallest absolute Gasteiger partial charge is 0.239 e. The van der Waals surface area contributed by atoms with Crippen molar-refractivity contribution in [3.63, 3.8) is 0 Å². The van der Waals surface area contributed by atoms with Crippen molar-refractivity contribution in [1.82, 2.24) is 10.3 Å². The molecule has 0 bridgehead atoms. The Hall–Kier alpha value is -2.11. The van der Waals surface area contributed by atoms with Gasteiger partial charge in [-0.25, -0.2) is 4.98 Å². The van der Waals surface area contributed by atoms with Gasteiger partial charge in [0.2, 0.25) is 11.8 Å². The molecule has 6 heteroatoms. The number of carbonyl (C=O) groups is 2. The first kappa shape index (κ1) is 15.8. The van der Waals surface area contributed by atoms with Crippen LogP contribution in [0.15, 0.2) is 18.3 Å². The number of amides is 2. The third-order valence-electron chi connectivity index (χ3n) is 4.65. The predicted molar refractivity (Wildman–Crippen MR) is 89.3 cm³/mol. The summed E-state index contributed by atoms with van der Waals surface area (Å²) in [4.78, 5) is 29.7. The highest BCUT2D eigenvalue weighted by molar-refractivity contribution is 5.90. The highest BCUT2D eigenvalue weighted by Crippen LogP contribution is 2.28. The molecule has 1 saturated carbocycles. The maximum absolute atomic E-state index is 12.0. The molecule has 2 amide bonds. The van der Waals surface area contributed by atoms with Crippen molar-refractivity contribution >= 4 is 23.3 Å². The van der Waals surface area contributed by atoms with E-state index in [0.29, 0.717) is 25.2 Å². The van der Waals surface area contributed by atoms with E-state index in [1.165, 1.54) is 25.7 Å². The van der Waals surface area contributed by atoms with Crippen molar-refractivity contribution in [1.29, 1.82) is 0 Å². The Bertz CT molecular complexity index is 552. The van der Waals surface area contributed by atoms with Crippen LogP contribution in [0, 0.1) is 5.92 Å². The van der Waals surface area contributed by atoms with Gasteiger partial charge in [-0.05, 0) is 24.5 Å². The highest BCUT2D eigenvalue weighted by atomic mass is 16.2. The van der Waals surface area contributed by atoms with Crippen molar-refractivity contribution in [2.75, 3.05) is 29.9 Å². The van der Waals surface area contributed by atoms with Crippen molar-refractivity contribution < 1.29 is 9.59 Å². The van der Waals surface area contributed by atoms with Gasteiger partial charge in [-0.2, -0.15) is 0 Å². The fourth-order valence-electron chi connectivity index (χ4n) is 3.34. The van der Waals surface area contributed by atoms with Crippen LogP contribution in [0.5, 0.6) is 0 Å². The van der Waals surface area contributed by atoms with Crippen molar-refractivity contribution in [3.8, 4) is 0 Å². The average Bonchev–Trinajstić information content (AvgIpc) is 3.07. The van der Waals surface area contributed by atoms with Gasteiger partial charge >= 0.3 is 0 Å². The summed E-state index contributed by atoms with van der Waals surface area (Å²) in [6.07, 6.45) is 8.40. The molecule has 1 aromatic heterocycles. The molecule has 1 aromatic rings. The van der Waals surface area contributed by atoms with Crippen LogP contribution in [0.1, 0.15) is 38.5 Å². The van der Waals surface area contributed by atoms with Crippen LogP contribution in [0.3, 0.4) is 0 Å². The molecule has 0 spiro atoms. The Morgan fingerprint density at radius 3 is 2.87 bits per heavy atom. The second kappa shape index (κ2) is 7.44. The fourth-order valence-corrected chi connectivity index (χ4v) is 3.34. The Labute approximate surface area is 136 Å². The molecule has 1 aliphatic heterocycles. The van der Waals surface area contributed by atoms with Gasteiger partial charge in [-0.15, -0.1) is 0 Å². The Morgan fingerprint density at radius 1 is 1.35 bits per heavy atom. The predicted octanol–water partition coefficient (Wildman–Crippen LogP) is 1.93. The summed E-state index contributed by atoms with van der Waals surface area (Å²) >= 11 is 0. The zero-order valence-electron chi connectivity index (χ0n) is 13.4. The van der Waals surface area contributed by atoms with Crippen LogP contribution in [0.25, 0.3) is 0 Å². The zero-order chi connectivity index (χ0) is 16.1. The summed E-state index contributed by atoms with van der Waals surface area (Å²) in [6, 6.07) is 3.70. The molecule has 2 fully saturated rings. The topological polar surface area (TPSA) is 74.3 Å². The fraction of sp³-hybridized carbons (Fsp3) is 0.588. The summed E-state index contributed by atoms with van der Waals surface area (Å²) < 4.78 is 0. The van der Waals surface area contributed by atoms with Crippen molar-refractivity contribution in [2.24, 2.45) is 5.92 Å². The monoisotopic (exact) mass is 316 g/mol. The molecule has 0 unspecified atom stereocenters. The van der Waals surface area contributed by atoms with E-state index >= 15 is 0 Å². The van der Waals surface area contributed by atoms with E-state index < -0.39 is 0 Å². The summed E-state index contributed by atoms with van der Waals surface area (Å²) in [5.74, 6) is 1.57. The number of pyridine rings is 1. The van der Waals surface area contributed by atoms with E-state index in [1.807, 2.05) is 17.0 Å². The van der Waals surface area contributed by atoms with Gasteiger partial charge in [0.25, 0.3) is 0 Å². The standard InChI is InChI=1S/C17H24N4O2/c22-16(8-5-13-3-1-2-4-13)20-14-6-7-15(19-11-14)21-10-9-18-17(23)12-21/h6-7,11,13H,1-5,8-10,12H2,(H,18,23)(H,20,22). The quantitative estimate of drug-likeness (QED) is 0.870. The summed E-state index contributed by atoms with van der Waals surface area (Å²) in [5, 5.41) is 5.70. The van der Waals surface area contributed by atoms with Gasteiger partial charge in [0.1, 0.15) is 5.82 Å².